The second kappa shape index (κ2) is 5.94. The Morgan fingerprint density at radius 3 is 2.67 bits per heavy atom. The molecule has 1 aromatic rings. The van der Waals surface area contributed by atoms with Crippen molar-refractivity contribution in [1.29, 1.82) is 0 Å². The Morgan fingerprint density at radius 1 is 1.44 bits per heavy atom. The van der Waals surface area contributed by atoms with Crippen LogP contribution in [0, 0.1) is 5.92 Å². The average molecular weight is 271 g/mol. The minimum atomic E-state index is -3.58. The van der Waals surface area contributed by atoms with Gasteiger partial charge in [-0.2, -0.15) is 0 Å². The van der Waals surface area contributed by atoms with E-state index >= 15 is 0 Å². The number of amides is 1. The Labute approximate surface area is 106 Å². The van der Waals surface area contributed by atoms with Gasteiger partial charge >= 0.3 is 0 Å². The van der Waals surface area contributed by atoms with Gasteiger partial charge in [-0.05, 0) is 17.7 Å². The van der Waals surface area contributed by atoms with Gasteiger partial charge in [-0.15, -0.1) is 0 Å². The Morgan fingerprint density at radius 2 is 2.11 bits per heavy atom. The van der Waals surface area contributed by atoms with E-state index in [-0.39, 0.29) is 24.1 Å². The molecule has 0 fully saturated rings. The van der Waals surface area contributed by atoms with E-state index in [1.165, 1.54) is 0 Å². The fourth-order valence-corrected chi connectivity index (χ4v) is 1.99. The Kier molecular flexibility index (Phi) is 4.83. The number of primary sulfonamides is 1. The Balaban J connectivity index is 2.80. The zero-order valence-electron chi connectivity index (χ0n) is 10.1. The summed E-state index contributed by atoms with van der Waals surface area (Å²) >= 11 is 0. The molecular formula is C11H17N3O3S. The highest BCUT2D eigenvalue weighted by molar-refractivity contribution is 7.88. The number of nitrogens with two attached hydrogens (primary N) is 2. The monoisotopic (exact) mass is 271 g/mol. The van der Waals surface area contributed by atoms with Crippen molar-refractivity contribution >= 4 is 21.6 Å². The van der Waals surface area contributed by atoms with Crippen LogP contribution in [0.15, 0.2) is 24.3 Å². The summed E-state index contributed by atoms with van der Waals surface area (Å²) in [4.78, 5) is 11.6. The minimum absolute atomic E-state index is 0.203. The van der Waals surface area contributed by atoms with E-state index in [2.05, 4.69) is 5.32 Å². The number of nitrogens with one attached hydrogen (secondary N) is 1. The SMILES string of the molecule is CC(CN)C(=O)Nc1cccc(CS(N)(=O)=O)c1. The minimum Gasteiger partial charge on any atom is -0.330 e. The van der Waals surface area contributed by atoms with Gasteiger partial charge in [-0.1, -0.05) is 19.1 Å². The highest BCUT2D eigenvalue weighted by atomic mass is 32.2. The summed E-state index contributed by atoms with van der Waals surface area (Å²) in [5, 5.41) is 7.62. The molecule has 0 spiro atoms. The van der Waals surface area contributed by atoms with Gasteiger partial charge < -0.3 is 11.1 Å². The first-order valence-electron chi connectivity index (χ1n) is 5.42. The lowest BCUT2D eigenvalue weighted by Gasteiger charge is -2.10. The first kappa shape index (κ1) is 14.6. The fraction of sp³-hybridized carbons (Fsp3) is 0.364. The van der Waals surface area contributed by atoms with E-state index in [1.54, 1.807) is 31.2 Å². The lowest BCUT2D eigenvalue weighted by molar-refractivity contribution is -0.119. The molecule has 0 aliphatic heterocycles. The van der Waals surface area contributed by atoms with E-state index in [9.17, 15) is 13.2 Å². The van der Waals surface area contributed by atoms with Crippen molar-refractivity contribution in [3.63, 3.8) is 0 Å². The normalized spacial score (nSPS) is 13.1. The molecule has 1 aromatic carbocycles. The maximum Gasteiger partial charge on any atom is 0.228 e. The predicted octanol–water partition coefficient (Wildman–Crippen LogP) is 0.00840. The molecule has 0 heterocycles. The zero-order chi connectivity index (χ0) is 13.8. The van der Waals surface area contributed by atoms with E-state index in [1.807, 2.05) is 0 Å². The van der Waals surface area contributed by atoms with Crippen LogP contribution in [0.3, 0.4) is 0 Å². The molecule has 0 bridgehead atoms. The third-order valence-corrected chi connectivity index (χ3v) is 3.10. The lowest BCUT2D eigenvalue weighted by atomic mass is 10.1. The van der Waals surface area contributed by atoms with Gasteiger partial charge in [0, 0.05) is 18.2 Å². The summed E-state index contributed by atoms with van der Waals surface area (Å²) < 4.78 is 21.9. The van der Waals surface area contributed by atoms with Crippen molar-refractivity contribution in [2.75, 3.05) is 11.9 Å². The second-order valence-corrected chi connectivity index (χ2v) is 5.75. The zero-order valence-corrected chi connectivity index (χ0v) is 10.9. The molecule has 1 atom stereocenters. The molecule has 0 saturated carbocycles. The second-order valence-electron chi connectivity index (χ2n) is 4.13. The molecule has 1 amide bonds. The number of benzene rings is 1. The molecule has 0 radical (unpaired) electrons. The van der Waals surface area contributed by atoms with Gasteiger partial charge in [0.05, 0.1) is 5.75 Å². The summed E-state index contributed by atoms with van der Waals surface area (Å²) in [6.45, 7) is 1.96. The van der Waals surface area contributed by atoms with Crippen molar-refractivity contribution < 1.29 is 13.2 Å². The van der Waals surface area contributed by atoms with Crippen molar-refractivity contribution in [3.8, 4) is 0 Å². The van der Waals surface area contributed by atoms with Gasteiger partial charge in [0.15, 0.2) is 0 Å². The molecule has 7 heteroatoms. The van der Waals surface area contributed by atoms with E-state index < -0.39 is 10.0 Å². The van der Waals surface area contributed by atoms with Crippen LogP contribution >= 0.6 is 0 Å². The highest BCUT2D eigenvalue weighted by Crippen LogP contribution is 2.13. The molecular weight excluding hydrogens is 254 g/mol. The highest BCUT2D eigenvalue weighted by Gasteiger charge is 2.11. The standard InChI is InChI=1S/C11H17N3O3S/c1-8(6-12)11(15)14-10-4-2-3-9(5-10)7-18(13,16)17/h2-5,8H,6-7,12H2,1H3,(H,14,15)(H2,13,16,17). The summed E-state index contributed by atoms with van der Waals surface area (Å²) in [7, 11) is -3.58. The van der Waals surface area contributed by atoms with Crippen LogP contribution in [0.4, 0.5) is 5.69 Å². The van der Waals surface area contributed by atoms with Crippen molar-refractivity contribution in [2.45, 2.75) is 12.7 Å². The third kappa shape index (κ3) is 4.82. The number of sulfonamides is 1. The van der Waals surface area contributed by atoms with Crippen LogP contribution in [-0.2, 0) is 20.6 Å². The van der Waals surface area contributed by atoms with Gasteiger partial charge in [0.2, 0.25) is 15.9 Å². The Hall–Kier alpha value is -1.44. The summed E-state index contributed by atoms with van der Waals surface area (Å²) in [5.74, 6) is -0.763. The predicted molar refractivity (Wildman–Crippen MR) is 70.1 cm³/mol. The number of anilines is 1. The van der Waals surface area contributed by atoms with Crippen LogP contribution in [0.5, 0.6) is 0 Å². The molecule has 1 unspecified atom stereocenters. The maximum atomic E-state index is 11.6. The van der Waals surface area contributed by atoms with Gasteiger partial charge in [-0.25, -0.2) is 13.6 Å². The van der Waals surface area contributed by atoms with Crippen molar-refractivity contribution in [3.05, 3.63) is 29.8 Å². The maximum absolute atomic E-state index is 11.6. The largest absolute Gasteiger partial charge is 0.330 e. The molecule has 0 aliphatic carbocycles. The molecule has 0 saturated heterocycles. The van der Waals surface area contributed by atoms with Crippen LogP contribution in [0.1, 0.15) is 12.5 Å². The number of hydrogen-bond acceptors (Lipinski definition) is 4. The molecule has 1 rings (SSSR count). The number of rotatable bonds is 5. The quantitative estimate of drug-likeness (QED) is 0.699. The molecule has 0 aromatic heterocycles. The van der Waals surface area contributed by atoms with E-state index in [0.717, 1.165) is 0 Å². The van der Waals surface area contributed by atoms with Crippen molar-refractivity contribution in [1.82, 2.24) is 0 Å². The first-order chi connectivity index (χ1) is 8.31. The fourth-order valence-electron chi connectivity index (χ4n) is 1.34. The van der Waals surface area contributed by atoms with E-state index in [0.29, 0.717) is 11.3 Å². The van der Waals surface area contributed by atoms with Gasteiger partial charge in [-0.3, -0.25) is 4.79 Å². The van der Waals surface area contributed by atoms with E-state index in [4.69, 9.17) is 10.9 Å². The number of hydrogen-bond donors (Lipinski definition) is 3. The summed E-state index contributed by atoms with van der Waals surface area (Å²) in [5.41, 5.74) is 6.44. The topological polar surface area (TPSA) is 115 Å². The van der Waals surface area contributed by atoms with Gasteiger partial charge in [0.1, 0.15) is 0 Å². The first-order valence-corrected chi connectivity index (χ1v) is 7.13. The summed E-state index contributed by atoms with van der Waals surface area (Å²) in [6, 6.07) is 6.54. The van der Waals surface area contributed by atoms with Crippen LogP contribution < -0.4 is 16.2 Å². The molecule has 0 aliphatic rings. The van der Waals surface area contributed by atoms with Crippen LogP contribution in [-0.4, -0.2) is 20.9 Å². The summed E-state index contributed by atoms with van der Waals surface area (Å²) in [6.07, 6.45) is 0. The van der Waals surface area contributed by atoms with Gasteiger partial charge in [0.25, 0.3) is 0 Å². The molecule has 5 N–H and O–H groups in total. The number of carbonyl (C=O) groups excluding carboxylic acids is 1. The molecule has 6 nitrogen and oxygen atoms in total. The van der Waals surface area contributed by atoms with Crippen LogP contribution in [0.25, 0.3) is 0 Å². The average Bonchev–Trinajstić information content (AvgIpc) is 2.26. The smallest absolute Gasteiger partial charge is 0.228 e. The van der Waals surface area contributed by atoms with Crippen molar-refractivity contribution in [2.24, 2.45) is 16.8 Å². The third-order valence-electron chi connectivity index (χ3n) is 2.36. The van der Waals surface area contributed by atoms with Crippen LogP contribution in [0.2, 0.25) is 0 Å². The molecule has 100 valence electrons. The Bertz CT molecular complexity index is 528. The molecule has 18 heavy (non-hydrogen) atoms. The lowest BCUT2D eigenvalue weighted by Crippen LogP contribution is -2.26. The number of carbonyl (C=O) groups is 1.